The van der Waals surface area contributed by atoms with Crippen molar-refractivity contribution in [3.63, 3.8) is 0 Å². The minimum Gasteiger partial charge on any atom is -0.479 e. The van der Waals surface area contributed by atoms with Crippen molar-refractivity contribution in [3.05, 3.63) is 6.33 Å². The third-order valence-electron chi connectivity index (χ3n) is 0.680. The molecule has 0 fully saturated rings. The molecule has 0 aromatic carbocycles. The van der Waals surface area contributed by atoms with Gasteiger partial charge in [0.1, 0.15) is 6.33 Å². The number of aromatic hydroxyl groups is 1. The highest BCUT2D eigenvalue weighted by molar-refractivity contribution is 6.28. The summed E-state index contributed by atoms with van der Waals surface area (Å²) in [5.41, 5.74) is 0.525. The predicted molar refractivity (Wildman–Crippen MR) is 29.7 cm³/mol. The summed E-state index contributed by atoms with van der Waals surface area (Å²) in [5.74, 6) is 0. The number of hydrogen-bond donors (Lipinski definition) is 1. The van der Waals surface area contributed by atoms with E-state index in [9.17, 15) is 0 Å². The fraction of sp³-hybridized carbons (Fsp3) is 0. The molecule has 0 spiro atoms. The van der Waals surface area contributed by atoms with Crippen LogP contribution in [0.1, 0.15) is 0 Å². The lowest BCUT2D eigenvalue weighted by atomic mass is 10.1. The highest BCUT2D eigenvalue weighted by Gasteiger charge is 1.87. The van der Waals surface area contributed by atoms with Gasteiger partial charge in [-0.1, -0.05) is 0 Å². The fourth-order valence-electron chi connectivity index (χ4n) is 0.367. The van der Waals surface area contributed by atoms with Crippen LogP contribution in [-0.2, 0) is 0 Å². The number of aromatic nitrogens is 3. The van der Waals surface area contributed by atoms with E-state index in [0.29, 0.717) is 5.72 Å². The summed E-state index contributed by atoms with van der Waals surface area (Å²) < 4.78 is 0. The van der Waals surface area contributed by atoms with E-state index in [1.165, 1.54) is 6.33 Å². The van der Waals surface area contributed by atoms with E-state index < -0.39 is 0 Å². The van der Waals surface area contributed by atoms with Crippen LogP contribution in [0.3, 0.4) is 0 Å². The van der Waals surface area contributed by atoms with Crippen molar-refractivity contribution in [3.8, 4) is 6.01 Å². The maximum atomic E-state index is 8.55. The van der Waals surface area contributed by atoms with E-state index >= 15 is 0 Å². The Bertz CT molecular complexity index is 174. The van der Waals surface area contributed by atoms with Crippen molar-refractivity contribution >= 4 is 13.6 Å². The van der Waals surface area contributed by atoms with Gasteiger partial charge in [-0.15, -0.1) is 0 Å². The monoisotopic (exact) mass is 109 g/mol. The summed E-state index contributed by atoms with van der Waals surface area (Å²) >= 11 is 0. The van der Waals surface area contributed by atoms with Gasteiger partial charge in [0.05, 0.1) is 5.72 Å². The highest BCUT2D eigenvalue weighted by atomic mass is 16.3. The van der Waals surface area contributed by atoms with Crippen LogP contribution in [0, 0.1) is 0 Å². The predicted octanol–water partition coefficient (Wildman–Crippen LogP) is -2.16. The first-order valence-electron chi connectivity index (χ1n) is 2.13. The summed E-state index contributed by atoms with van der Waals surface area (Å²) in [7, 11) is 1.68. The Kier molecular flexibility index (Phi) is 1.11. The second-order valence-corrected chi connectivity index (χ2v) is 1.33. The molecule has 0 amide bonds. The quantitative estimate of drug-likeness (QED) is 0.385. The van der Waals surface area contributed by atoms with Crippen LogP contribution in [-0.4, -0.2) is 27.9 Å². The first-order valence-corrected chi connectivity index (χ1v) is 2.13. The molecule has 1 heterocycles. The van der Waals surface area contributed by atoms with E-state index in [2.05, 4.69) is 15.0 Å². The zero-order valence-corrected chi connectivity index (χ0v) is 4.37. The standard InChI is InChI=1S/C3H4BN3O/c4-2-5-1-6-3(8)7-2/h1H,4H2,(H,5,6,7,8). The molecule has 0 atom stereocenters. The lowest BCUT2D eigenvalue weighted by molar-refractivity contribution is 0.430. The fourth-order valence-corrected chi connectivity index (χ4v) is 0.367. The maximum absolute atomic E-state index is 8.55. The summed E-state index contributed by atoms with van der Waals surface area (Å²) in [6, 6.07) is -0.225. The maximum Gasteiger partial charge on any atom is 0.316 e. The van der Waals surface area contributed by atoms with Gasteiger partial charge in [-0.3, -0.25) is 0 Å². The smallest absolute Gasteiger partial charge is 0.316 e. The third-order valence-corrected chi connectivity index (χ3v) is 0.680. The molecule has 40 valence electrons. The van der Waals surface area contributed by atoms with Gasteiger partial charge in [-0.05, 0) is 0 Å². The van der Waals surface area contributed by atoms with Gasteiger partial charge in [0, 0.05) is 0 Å². The molecule has 1 aromatic heterocycles. The normalized spacial score (nSPS) is 9.00. The molecular weight excluding hydrogens is 105 g/mol. The van der Waals surface area contributed by atoms with Crippen molar-refractivity contribution in [2.24, 2.45) is 0 Å². The van der Waals surface area contributed by atoms with Gasteiger partial charge in [-0.2, -0.15) is 9.97 Å². The molecule has 1 N–H and O–H groups in total. The van der Waals surface area contributed by atoms with Crippen molar-refractivity contribution in [1.82, 2.24) is 15.0 Å². The van der Waals surface area contributed by atoms with Crippen LogP contribution in [0.5, 0.6) is 6.01 Å². The summed E-state index contributed by atoms with van der Waals surface area (Å²) in [4.78, 5) is 10.5. The number of rotatable bonds is 0. The van der Waals surface area contributed by atoms with Crippen LogP contribution in [0.25, 0.3) is 0 Å². The Morgan fingerprint density at radius 2 is 2.25 bits per heavy atom. The summed E-state index contributed by atoms with van der Waals surface area (Å²) in [6.07, 6.45) is 1.26. The minimum atomic E-state index is -0.225. The van der Waals surface area contributed by atoms with Gasteiger partial charge >= 0.3 is 6.01 Å². The first-order chi connectivity index (χ1) is 3.79. The molecule has 4 nitrogen and oxygen atoms in total. The van der Waals surface area contributed by atoms with Crippen LogP contribution in [0.15, 0.2) is 6.33 Å². The Hall–Kier alpha value is -1.13. The van der Waals surface area contributed by atoms with Crippen LogP contribution < -0.4 is 5.72 Å². The van der Waals surface area contributed by atoms with Gasteiger partial charge < -0.3 is 5.11 Å². The molecule has 0 saturated heterocycles. The van der Waals surface area contributed by atoms with Crippen molar-refractivity contribution in [2.45, 2.75) is 0 Å². The molecule has 0 saturated carbocycles. The molecule has 1 aromatic rings. The van der Waals surface area contributed by atoms with Crippen LogP contribution in [0.4, 0.5) is 0 Å². The lowest BCUT2D eigenvalue weighted by Crippen LogP contribution is -2.12. The molecule has 0 unspecified atom stereocenters. The topological polar surface area (TPSA) is 58.9 Å². The zero-order valence-electron chi connectivity index (χ0n) is 4.37. The van der Waals surface area contributed by atoms with E-state index in [1.54, 1.807) is 7.85 Å². The van der Waals surface area contributed by atoms with E-state index in [0.717, 1.165) is 0 Å². The Morgan fingerprint density at radius 1 is 1.50 bits per heavy atom. The molecule has 0 bridgehead atoms. The summed E-state index contributed by atoms with van der Waals surface area (Å²) in [5, 5.41) is 8.55. The van der Waals surface area contributed by atoms with E-state index in [-0.39, 0.29) is 6.01 Å². The molecule has 0 radical (unpaired) electrons. The van der Waals surface area contributed by atoms with Gasteiger partial charge in [0.25, 0.3) is 0 Å². The second kappa shape index (κ2) is 1.77. The third kappa shape index (κ3) is 0.929. The molecule has 1 rings (SSSR count). The molecule has 0 aliphatic rings. The van der Waals surface area contributed by atoms with Crippen molar-refractivity contribution in [1.29, 1.82) is 0 Å². The van der Waals surface area contributed by atoms with Gasteiger partial charge in [0.15, 0.2) is 7.85 Å². The zero-order chi connectivity index (χ0) is 5.98. The Morgan fingerprint density at radius 3 is 2.62 bits per heavy atom. The molecule has 0 aliphatic heterocycles. The van der Waals surface area contributed by atoms with Crippen LogP contribution in [0.2, 0.25) is 0 Å². The highest BCUT2D eigenvalue weighted by Crippen LogP contribution is 1.85. The minimum absolute atomic E-state index is 0.225. The van der Waals surface area contributed by atoms with Gasteiger partial charge in [-0.25, -0.2) is 4.98 Å². The SMILES string of the molecule is Bc1ncnc(O)n1. The first kappa shape index (κ1) is 5.02. The van der Waals surface area contributed by atoms with E-state index in [1.807, 2.05) is 0 Å². The Balaban J connectivity index is 3.08. The van der Waals surface area contributed by atoms with Crippen molar-refractivity contribution < 1.29 is 5.11 Å². The van der Waals surface area contributed by atoms with E-state index in [4.69, 9.17) is 5.11 Å². The number of hydrogen-bond acceptors (Lipinski definition) is 4. The number of nitrogens with zero attached hydrogens (tertiary/aromatic N) is 3. The Labute approximate surface area is 47.0 Å². The largest absolute Gasteiger partial charge is 0.479 e. The lowest BCUT2D eigenvalue weighted by Gasteiger charge is -1.87. The average Bonchev–Trinajstić information content (AvgIpc) is 1.64. The molecular formula is C3H4BN3O. The summed E-state index contributed by atoms with van der Waals surface area (Å²) in [6.45, 7) is 0. The molecule has 0 aliphatic carbocycles. The van der Waals surface area contributed by atoms with Crippen LogP contribution >= 0.6 is 0 Å². The molecule has 5 heteroatoms. The second-order valence-electron chi connectivity index (χ2n) is 1.33. The van der Waals surface area contributed by atoms with Crippen molar-refractivity contribution in [2.75, 3.05) is 0 Å². The molecule has 8 heavy (non-hydrogen) atoms. The average molecular weight is 109 g/mol. The van der Waals surface area contributed by atoms with Gasteiger partial charge in [0.2, 0.25) is 0 Å².